The zero-order valence-electron chi connectivity index (χ0n) is 19.5. The van der Waals surface area contributed by atoms with Crippen LogP contribution in [0, 0.1) is 5.92 Å². The van der Waals surface area contributed by atoms with Crippen LogP contribution in [-0.2, 0) is 11.2 Å². The van der Waals surface area contributed by atoms with Crippen molar-refractivity contribution in [2.75, 3.05) is 7.05 Å². The molecule has 1 aliphatic rings. The molecule has 0 saturated carbocycles. The molecular weight excluding hydrogens is 400 g/mol. The molecule has 0 bridgehead atoms. The Kier molecular flexibility index (Phi) is 8.09. The highest BCUT2D eigenvalue weighted by molar-refractivity contribution is 5.99. The lowest BCUT2D eigenvalue weighted by atomic mass is 9.98. The number of carbonyl (C=O) groups is 2. The first-order valence-corrected chi connectivity index (χ1v) is 11.4. The highest BCUT2D eigenvalue weighted by atomic mass is 16.5. The molecule has 3 atom stereocenters. The zero-order valence-corrected chi connectivity index (χ0v) is 19.5. The number of hydrogen-bond acceptors (Lipinski definition) is 3. The van der Waals surface area contributed by atoms with Crippen LogP contribution in [-0.4, -0.2) is 41.9 Å². The molecule has 0 spiro atoms. The molecule has 5 heteroatoms. The Morgan fingerprint density at radius 2 is 1.66 bits per heavy atom. The van der Waals surface area contributed by atoms with Crippen molar-refractivity contribution in [1.29, 1.82) is 0 Å². The number of nitrogens with zero attached hydrogens (tertiary/aromatic N) is 1. The van der Waals surface area contributed by atoms with Crippen molar-refractivity contribution >= 4 is 11.8 Å². The van der Waals surface area contributed by atoms with Gasteiger partial charge in [-0.25, -0.2) is 0 Å². The van der Waals surface area contributed by atoms with Gasteiger partial charge in [-0.2, -0.15) is 0 Å². The van der Waals surface area contributed by atoms with E-state index in [9.17, 15) is 9.59 Å². The summed E-state index contributed by atoms with van der Waals surface area (Å²) >= 11 is 0. The van der Waals surface area contributed by atoms with Crippen LogP contribution in [0.25, 0.3) is 0 Å². The molecule has 1 aliphatic heterocycles. The van der Waals surface area contributed by atoms with Gasteiger partial charge in [-0.3, -0.25) is 9.59 Å². The van der Waals surface area contributed by atoms with Crippen LogP contribution in [0.3, 0.4) is 0 Å². The third kappa shape index (κ3) is 6.00. The highest BCUT2D eigenvalue weighted by Gasteiger charge is 2.31. The maximum absolute atomic E-state index is 13.5. The first-order chi connectivity index (χ1) is 15.4. The van der Waals surface area contributed by atoms with Gasteiger partial charge in [-0.15, -0.1) is 0 Å². The minimum atomic E-state index is -0.636. The summed E-state index contributed by atoms with van der Waals surface area (Å²) in [5.41, 5.74) is 1.47. The molecule has 0 radical (unpaired) electrons. The minimum absolute atomic E-state index is 0.00743. The summed E-state index contributed by atoms with van der Waals surface area (Å²) in [6.45, 7) is 6.21. The number of carbonyl (C=O) groups excluding carboxylic acids is 2. The van der Waals surface area contributed by atoms with E-state index in [0.717, 1.165) is 18.4 Å². The predicted molar refractivity (Wildman–Crippen MR) is 128 cm³/mol. The number of likely N-dealkylation sites (N-methyl/N-ethyl adjacent to an activating group) is 1. The van der Waals surface area contributed by atoms with E-state index in [-0.39, 0.29) is 29.9 Å². The molecule has 2 aromatic rings. The van der Waals surface area contributed by atoms with Gasteiger partial charge in [0.05, 0.1) is 11.7 Å². The molecule has 32 heavy (non-hydrogen) atoms. The van der Waals surface area contributed by atoms with Crippen molar-refractivity contribution in [1.82, 2.24) is 10.2 Å². The maximum atomic E-state index is 13.5. The SMILES string of the molecule is CC(C)[C@H]1C/C=C/C[C@@H](C)Oc2ccccc2C(=O)N(C)[C@H](Cc2ccccc2)C(=O)N1. The van der Waals surface area contributed by atoms with Crippen molar-refractivity contribution in [3.05, 3.63) is 77.9 Å². The quantitative estimate of drug-likeness (QED) is 0.717. The Hall–Kier alpha value is -3.08. The molecular formula is C27H34N2O3. The van der Waals surface area contributed by atoms with Crippen molar-refractivity contribution < 1.29 is 14.3 Å². The molecule has 5 nitrogen and oxygen atoms in total. The minimum Gasteiger partial charge on any atom is -0.490 e. The number of para-hydroxylation sites is 1. The standard InChI is InChI=1S/C27H34N2O3/c1-19(2)23-16-10-8-12-20(3)32-25-17-11-9-15-22(25)27(31)29(4)24(26(30)28-23)18-21-13-6-5-7-14-21/h5-11,13-15,17,19-20,23-24H,12,16,18H2,1-4H3,(H,28,30)/b10-8+/t20-,23-,24-/m1/s1. The van der Waals surface area contributed by atoms with Crippen LogP contribution >= 0.6 is 0 Å². The van der Waals surface area contributed by atoms with Crippen LogP contribution in [0.1, 0.15) is 49.5 Å². The Balaban J connectivity index is 2.00. The third-order valence-electron chi connectivity index (χ3n) is 5.97. The van der Waals surface area contributed by atoms with Gasteiger partial charge >= 0.3 is 0 Å². The lowest BCUT2D eigenvalue weighted by molar-refractivity contribution is -0.126. The van der Waals surface area contributed by atoms with E-state index in [1.807, 2.05) is 55.5 Å². The topological polar surface area (TPSA) is 58.6 Å². The van der Waals surface area contributed by atoms with Crippen LogP contribution in [0.2, 0.25) is 0 Å². The molecule has 1 heterocycles. The van der Waals surface area contributed by atoms with Crippen molar-refractivity contribution in [2.45, 2.75) is 58.2 Å². The second kappa shape index (κ2) is 11.0. The molecule has 0 aromatic heterocycles. The molecule has 0 fully saturated rings. The number of ether oxygens (including phenoxy) is 1. The van der Waals surface area contributed by atoms with Crippen LogP contribution in [0.4, 0.5) is 0 Å². The van der Waals surface area contributed by atoms with E-state index in [4.69, 9.17) is 4.74 Å². The average Bonchev–Trinajstić information content (AvgIpc) is 2.78. The Bertz CT molecular complexity index is 939. The van der Waals surface area contributed by atoms with Gasteiger partial charge in [-0.1, -0.05) is 68.5 Å². The number of rotatable bonds is 3. The monoisotopic (exact) mass is 434 g/mol. The summed E-state index contributed by atoms with van der Waals surface area (Å²) < 4.78 is 6.11. The summed E-state index contributed by atoms with van der Waals surface area (Å²) in [5.74, 6) is 0.448. The summed E-state index contributed by atoms with van der Waals surface area (Å²) in [6, 6.07) is 16.4. The van der Waals surface area contributed by atoms with E-state index in [1.165, 1.54) is 0 Å². The van der Waals surface area contributed by atoms with E-state index in [1.54, 1.807) is 18.0 Å². The number of nitrogens with one attached hydrogen (secondary N) is 1. The largest absolute Gasteiger partial charge is 0.490 e. The Morgan fingerprint density at radius 1 is 1.00 bits per heavy atom. The Labute approximate surface area is 191 Å². The predicted octanol–water partition coefficient (Wildman–Crippen LogP) is 4.63. The summed E-state index contributed by atoms with van der Waals surface area (Å²) in [7, 11) is 1.70. The van der Waals surface area contributed by atoms with Gasteiger partial charge < -0.3 is 15.0 Å². The van der Waals surface area contributed by atoms with Crippen molar-refractivity contribution in [2.24, 2.45) is 5.92 Å². The van der Waals surface area contributed by atoms with Crippen LogP contribution < -0.4 is 10.1 Å². The first kappa shape index (κ1) is 23.6. The smallest absolute Gasteiger partial charge is 0.258 e. The van der Waals surface area contributed by atoms with Crippen molar-refractivity contribution in [3.63, 3.8) is 0 Å². The second-order valence-corrected chi connectivity index (χ2v) is 8.85. The molecule has 170 valence electrons. The number of benzene rings is 2. The zero-order chi connectivity index (χ0) is 23.1. The fourth-order valence-corrected chi connectivity index (χ4v) is 3.89. The van der Waals surface area contributed by atoms with Gasteiger partial charge in [0.2, 0.25) is 5.91 Å². The number of amides is 2. The van der Waals surface area contributed by atoms with E-state index < -0.39 is 6.04 Å². The Morgan fingerprint density at radius 3 is 2.38 bits per heavy atom. The van der Waals surface area contributed by atoms with E-state index in [0.29, 0.717) is 17.7 Å². The van der Waals surface area contributed by atoms with Gasteiger partial charge in [-0.05, 0) is 37.0 Å². The van der Waals surface area contributed by atoms with Gasteiger partial charge in [0, 0.05) is 25.9 Å². The molecule has 3 rings (SSSR count). The fraction of sp³-hybridized carbons (Fsp3) is 0.407. The molecule has 2 aromatic carbocycles. The number of hydrogen-bond donors (Lipinski definition) is 1. The average molecular weight is 435 g/mol. The van der Waals surface area contributed by atoms with Crippen LogP contribution in [0.15, 0.2) is 66.7 Å². The lowest BCUT2D eigenvalue weighted by Crippen LogP contribution is -2.52. The third-order valence-corrected chi connectivity index (χ3v) is 5.97. The molecule has 0 saturated heterocycles. The molecule has 0 unspecified atom stereocenters. The first-order valence-electron chi connectivity index (χ1n) is 11.4. The second-order valence-electron chi connectivity index (χ2n) is 8.85. The number of fused-ring (bicyclic) bond motifs is 1. The molecule has 2 amide bonds. The van der Waals surface area contributed by atoms with Gasteiger partial charge in [0.15, 0.2) is 0 Å². The van der Waals surface area contributed by atoms with Gasteiger partial charge in [0.25, 0.3) is 5.91 Å². The lowest BCUT2D eigenvalue weighted by Gasteiger charge is -2.31. The molecule has 0 aliphatic carbocycles. The summed E-state index contributed by atoms with van der Waals surface area (Å²) in [5, 5.41) is 3.21. The van der Waals surface area contributed by atoms with Crippen LogP contribution in [0.5, 0.6) is 5.75 Å². The highest BCUT2D eigenvalue weighted by Crippen LogP contribution is 2.24. The molecule has 1 N–H and O–H groups in total. The van der Waals surface area contributed by atoms with E-state index >= 15 is 0 Å². The maximum Gasteiger partial charge on any atom is 0.258 e. The van der Waals surface area contributed by atoms with E-state index in [2.05, 4.69) is 31.3 Å². The summed E-state index contributed by atoms with van der Waals surface area (Å²) in [6.07, 6.45) is 6.05. The van der Waals surface area contributed by atoms with Gasteiger partial charge in [0.1, 0.15) is 11.8 Å². The normalized spacial score (nSPS) is 23.7. The van der Waals surface area contributed by atoms with Crippen molar-refractivity contribution in [3.8, 4) is 5.75 Å². The fourth-order valence-electron chi connectivity index (χ4n) is 3.89. The summed E-state index contributed by atoms with van der Waals surface area (Å²) in [4.78, 5) is 28.5.